The highest BCUT2D eigenvalue weighted by Gasteiger charge is 2.37. The zero-order valence-corrected chi connectivity index (χ0v) is 24.7. The Bertz CT molecular complexity index is 1220. The summed E-state index contributed by atoms with van der Waals surface area (Å²) in [5, 5.41) is 30.9. The number of thioether (sulfide) groups is 2. The van der Waals surface area contributed by atoms with Crippen LogP contribution >= 0.6 is 23.5 Å². The number of carboxylic acid groups (broad SMARTS) is 1. The first-order valence-electron chi connectivity index (χ1n) is 13.3. The molecule has 2 aromatic rings. The van der Waals surface area contributed by atoms with Crippen LogP contribution in [-0.2, 0) is 35.3 Å². The molecule has 1 fully saturated rings. The topological polar surface area (TPSA) is 98.1 Å². The van der Waals surface area contributed by atoms with E-state index in [0.717, 1.165) is 32.0 Å². The molecule has 1 radical (unpaired) electrons. The Kier molecular flexibility index (Phi) is 11.6. The van der Waals surface area contributed by atoms with E-state index in [-0.39, 0.29) is 15.6 Å². The van der Waals surface area contributed by atoms with Gasteiger partial charge in [-0.25, -0.2) is 4.79 Å². The van der Waals surface area contributed by atoms with Crippen molar-refractivity contribution in [2.75, 3.05) is 13.1 Å². The fourth-order valence-electron chi connectivity index (χ4n) is 4.77. The van der Waals surface area contributed by atoms with E-state index < -0.39 is 11.5 Å². The summed E-state index contributed by atoms with van der Waals surface area (Å²) in [5.41, 5.74) is 2.77. The predicted molar refractivity (Wildman–Crippen MR) is 168 cm³/mol. The van der Waals surface area contributed by atoms with Crippen LogP contribution < -0.4 is 0 Å². The molecule has 8 heteroatoms. The van der Waals surface area contributed by atoms with E-state index >= 15 is 0 Å². The van der Waals surface area contributed by atoms with Crippen molar-refractivity contribution in [1.29, 1.82) is 0 Å². The third-order valence-electron chi connectivity index (χ3n) is 6.76. The van der Waals surface area contributed by atoms with Crippen molar-refractivity contribution in [1.82, 2.24) is 4.90 Å². The van der Waals surface area contributed by atoms with Gasteiger partial charge in [-0.2, -0.15) is 0 Å². The lowest BCUT2D eigenvalue weighted by molar-refractivity contribution is -0.132. The lowest BCUT2D eigenvalue weighted by Gasteiger charge is -2.41. The van der Waals surface area contributed by atoms with Gasteiger partial charge in [-0.05, 0) is 85.0 Å². The second-order valence-electron chi connectivity index (χ2n) is 9.75. The number of likely N-dealkylation sites (tertiary alicyclic amines) is 1. The van der Waals surface area contributed by atoms with Crippen LogP contribution in [0.1, 0.15) is 35.1 Å². The molecule has 1 aliphatic rings. The quantitative estimate of drug-likeness (QED) is 0.0688. The molecule has 1 saturated heterocycles. The highest BCUT2D eigenvalue weighted by molar-refractivity contribution is 8.18. The van der Waals surface area contributed by atoms with Gasteiger partial charge < -0.3 is 20.2 Å². The van der Waals surface area contributed by atoms with Crippen molar-refractivity contribution < 1.29 is 24.9 Å². The number of aliphatic carboxylic acids is 1. The summed E-state index contributed by atoms with van der Waals surface area (Å²) in [5.74, 6) is -0.796. The van der Waals surface area contributed by atoms with Gasteiger partial charge >= 0.3 is 5.97 Å². The maximum absolute atomic E-state index is 11.4. The molecule has 0 unspecified atom stereocenters. The van der Waals surface area contributed by atoms with Crippen LogP contribution in [0, 0.1) is 0 Å². The summed E-state index contributed by atoms with van der Waals surface area (Å²) in [6.45, 7) is 16.4. The van der Waals surface area contributed by atoms with Gasteiger partial charge in [-0.3, -0.25) is 4.79 Å². The molecule has 1 heterocycles. The fraction of sp³-hybridized carbons (Fsp3) is 0.273. The lowest BCUT2D eigenvalue weighted by atomic mass is 10.0. The minimum absolute atomic E-state index is 0.254. The second-order valence-corrected chi connectivity index (χ2v) is 12.9. The third-order valence-corrected chi connectivity index (χ3v) is 9.76. The van der Waals surface area contributed by atoms with Crippen LogP contribution in [0.2, 0.25) is 0 Å². The zero-order valence-electron chi connectivity index (χ0n) is 23.1. The summed E-state index contributed by atoms with van der Waals surface area (Å²) < 4.78 is -0.361. The maximum atomic E-state index is 11.4. The molecule has 0 saturated carbocycles. The number of phenolic OH excluding ortho intramolecular Hbond substituents is 2. The predicted octanol–water partition coefficient (Wildman–Crippen LogP) is 6.77. The molecule has 0 atom stereocenters. The van der Waals surface area contributed by atoms with Gasteiger partial charge in [0.2, 0.25) is 6.29 Å². The number of nitrogens with zero attached hydrogens (tertiary/aromatic N) is 1. The number of hydrogen-bond acceptors (Lipinski definition) is 7. The van der Waals surface area contributed by atoms with E-state index in [1.165, 1.54) is 12.5 Å². The molecule has 215 valence electrons. The van der Waals surface area contributed by atoms with Crippen molar-refractivity contribution in [2.45, 2.75) is 52.4 Å². The molecule has 3 rings (SSSR count). The van der Waals surface area contributed by atoms with E-state index in [0.29, 0.717) is 51.6 Å². The SMILES string of the molecule is C=CCc1cc(SC2(Sc3cc(CC=C)c(O)c(CC=C)c3)CCN(C=C([C]=O)C(=O)O)CC2)cc(CC=C)c1O. The van der Waals surface area contributed by atoms with E-state index in [1.807, 2.05) is 29.2 Å². The van der Waals surface area contributed by atoms with Gasteiger partial charge in [-0.15, -0.1) is 49.8 Å². The summed E-state index contributed by atoms with van der Waals surface area (Å²) in [7, 11) is 0. The molecule has 0 amide bonds. The van der Waals surface area contributed by atoms with Crippen molar-refractivity contribution >= 4 is 35.8 Å². The molecule has 3 N–H and O–H groups in total. The van der Waals surface area contributed by atoms with E-state index in [4.69, 9.17) is 0 Å². The van der Waals surface area contributed by atoms with Crippen LogP contribution in [-0.4, -0.2) is 49.6 Å². The van der Waals surface area contributed by atoms with Gasteiger partial charge in [0.15, 0.2) is 0 Å². The number of aromatic hydroxyl groups is 2. The number of carboxylic acids is 1. The van der Waals surface area contributed by atoms with Crippen molar-refractivity contribution in [2.24, 2.45) is 0 Å². The molecule has 0 bridgehead atoms. The average Bonchev–Trinajstić information content (AvgIpc) is 2.94. The van der Waals surface area contributed by atoms with E-state index in [9.17, 15) is 24.9 Å². The Balaban J connectivity index is 2.06. The largest absolute Gasteiger partial charge is 0.507 e. The molecular weight excluding hydrogens is 554 g/mol. The molecule has 2 aromatic carbocycles. The number of piperidine rings is 1. The van der Waals surface area contributed by atoms with Crippen LogP contribution in [0.5, 0.6) is 11.5 Å². The smallest absolute Gasteiger partial charge is 0.341 e. The highest BCUT2D eigenvalue weighted by atomic mass is 32.2. The zero-order chi connectivity index (χ0) is 30.0. The average molecular weight is 591 g/mol. The van der Waals surface area contributed by atoms with Crippen LogP contribution in [0.25, 0.3) is 0 Å². The number of carbonyl (C=O) groups excluding carboxylic acids is 1. The molecule has 6 nitrogen and oxygen atoms in total. The Morgan fingerprint density at radius 3 is 1.46 bits per heavy atom. The van der Waals surface area contributed by atoms with Gasteiger partial charge in [-0.1, -0.05) is 24.3 Å². The summed E-state index contributed by atoms with van der Waals surface area (Å²) in [4.78, 5) is 26.4. The number of rotatable bonds is 15. The minimum atomic E-state index is -1.30. The molecular formula is C33H36NO5S2. The molecule has 1 aliphatic heterocycles. The van der Waals surface area contributed by atoms with Gasteiger partial charge in [0.1, 0.15) is 17.1 Å². The molecule has 0 aliphatic carbocycles. The van der Waals surface area contributed by atoms with Gasteiger partial charge in [0, 0.05) is 29.1 Å². The van der Waals surface area contributed by atoms with Crippen molar-refractivity contribution in [3.63, 3.8) is 0 Å². The highest BCUT2D eigenvalue weighted by Crippen LogP contribution is 2.53. The summed E-state index contributed by atoms with van der Waals surface area (Å²) in [6, 6.07) is 7.98. The Morgan fingerprint density at radius 1 is 0.805 bits per heavy atom. The van der Waals surface area contributed by atoms with Crippen molar-refractivity contribution in [3.05, 3.63) is 109 Å². The van der Waals surface area contributed by atoms with Gasteiger partial charge in [0.05, 0.1) is 4.08 Å². The molecule has 0 spiro atoms. The number of carbonyl (C=O) groups is 1. The summed E-state index contributed by atoms with van der Waals surface area (Å²) in [6.07, 6.45) is 13.4. The van der Waals surface area contributed by atoms with Gasteiger partial charge in [0.25, 0.3) is 0 Å². The Labute approximate surface area is 250 Å². The molecule has 41 heavy (non-hydrogen) atoms. The summed E-state index contributed by atoms with van der Waals surface area (Å²) >= 11 is 3.42. The molecule has 0 aromatic heterocycles. The Morgan fingerprint density at radius 2 is 1.17 bits per heavy atom. The number of allylic oxidation sites excluding steroid dienone is 4. The number of phenols is 2. The van der Waals surface area contributed by atoms with Crippen LogP contribution in [0.15, 0.2) is 96.4 Å². The monoisotopic (exact) mass is 590 g/mol. The first kappa shape index (κ1) is 31.9. The first-order valence-corrected chi connectivity index (χ1v) is 14.9. The second kappa shape index (κ2) is 14.8. The minimum Gasteiger partial charge on any atom is -0.507 e. The number of hydrogen-bond donors (Lipinski definition) is 3. The number of benzene rings is 2. The third kappa shape index (κ3) is 8.21. The first-order chi connectivity index (χ1) is 19.7. The van der Waals surface area contributed by atoms with Crippen LogP contribution in [0.4, 0.5) is 0 Å². The Hall–Kier alpha value is -3.62. The van der Waals surface area contributed by atoms with Crippen LogP contribution in [0.3, 0.4) is 0 Å². The lowest BCUT2D eigenvalue weighted by Crippen LogP contribution is -2.38. The van der Waals surface area contributed by atoms with E-state index in [1.54, 1.807) is 47.8 Å². The fourth-order valence-corrected chi connectivity index (χ4v) is 7.96. The van der Waals surface area contributed by atoms with Crippen molar-refractivity contribution in [3.8, 4) is 11.5 Å². The van der Waals surface area contributed by atoms with E-state index in [2.05, 4.69) is 26.3 Å². The maximum Gasteiger partial charge on any atom is 0.341 e. The standard InChI is InChI=1S/C33H36NO5S2/c1-5-9-23-17-28(18-24(10-6-2)30(23)36)40-33(13-15-34(16-14-33)21-27(22-35)32(38)39)41-29-19-25(11-7-3)31(37)26(20-29)12-8-4/h5-8,17-21,36-37H,1-4,9-16H2,(H,38,39). The normalized spacial score (nSPS) is 14.7.